The number of carbonyl (C=O) groups is 2. The van der Waals surface area contributed by atoms with Gasteiger partial charge in [-0.25, -0.2) is 0 Å². The Balaban J connectivity index is 1.77. The van der Waals surface area contributed by atoms with E-state index in [2.05, 4.69) is 11.8 Å². The van der Waals surface area contributed by atoms with Gasteiger partial charge in [0.2, 0.25) is 0 Å². The van der Waals surface area contributed by atoms with E-state index in [4.69, 9.17) is 9.15 Å². The molecule has 3 rings (SSSR count). The van der Waals surface area contributed by atoms with E-state index in [0.717, 1.165) is 0 Å². The van der Waals surface area contributed by atoms with Crippen molar-refractivity contribution in [1.82, 2.24) is 4.90 Å². The number of carboxylic acids is 1. The summed E-state index contributed by atoms with van der Waals surface area (Å²) in [5.41, 5.74) is -2.10. The molecule has 1 amide bonds. The number of fused-ring (bicyclic) bond motifs is 1. The molecule has 2 fully saturated rings. The summed E-state index contributed by atoms with van der Waals surface area (Å²) in [6.07, 6.45) is 0.400. The summed E-state index contributed by atoms with van der Waals surface area (Å²) in [5, 5.41) is 19.3. The zero-order valence-electron chi connectivity index (χ0n) is 14.2. The minimum Gasteiger partial charge on any atom is -0.481 e. The maximum absolute atomic E-state index is 12.7. The molecule has 7 heteroatoms. The van der Waals surface area contributed by atoms with E-state index in [1.54, 1.807) is 19.9 Å². The molecular formula is C18H21NO6. The predicted octanol–water partition coefficient (Wildman–Crippen LogP) is 0.965. The van der Waals surface area contributed by atoms with Crippen molar-refractivity contribution in [2.45, 2.75) is 25.9 Å². The molecular weight excluding hydrogens is 326 g/mol. The average molecular weight is 347 g/mol. The number of nitrogens with zero attached hydrogens (tertiary/aromatic N) is 1. The lowest BCUT2D eigenvalue weighted by atomic mass is 9.74. The van der Waals surface area contributed by atoms with E-state index >= 15 is 0 Å². The third kappa shape index (κ3) is 3.41. The molecule has 2 atom stereocenters. The largest absolute Gasteiger partial charge is 0.481 e. The second-order valence-electron chi connectivity index (χ2n) is 7.14. The Morgan fingerprint density at radius 1 is 1.40 bits per heavy atom. The molecule has 0 bridgehead atoms. The summed E-state index contributed by atoms with van der Waals surface area (Å²) in [5.74, 6) is 4.22. The molecule has 0 aromatic carbocycles. The van der Waals surface area contributed by atoms with Crippen LogP contribution in [0.2, 0.25) is 0 Å². The monoisotopic (exact) mass is 347 g/mol. The minimum atomic E-state index is -1.16. The van der Waals surface area contributed by atoms with Gasteiger partial charge in [0.1, 0.15) is 5.60 Å². The molecule has 2 aliphatic rings. The van der Waals surface area contributed by atoms with E-state index in [0.29, 0.717) is 26.2 Å². The van der Waals surface area contributed by atoms with Crippen molar-refractivity contribution in [3.63, 3.8) is 0 Å². The molecule has 1 aromatic rings. The molecule has 2 saturated heterocycles. The van der Waals surface area contributed by atoms with Crippen LogP contribution in [0.1, 0.15) is 36.6 Å². The van der Waals surface area contributed by atoms with Crippen molar-refractivity contribution in [3.05, 3.63) is 23.7 Å². The third-order valence-corrected chi connectivity index (χ3v) is 4.73. The number of aliphatic hydroxyl groups is 1. The van der Waals surface area contributed by atoms with E-state index in [-0.39, 0.29) is 29.9 Å². The van der Waals surface area contributed by atoms with Crippen LogP contribution in [0.5, 0.6) is 0 Å². The minimum absolute atomic E-state index is 0.111. The number of ether oxygens (including phenoxy) is 1. The Kier molecular flexibility index (Phi) is 4.35. The molecule has 3 heterocycles. The number of hydrogen-bond donors (Lipinski definition) is 2. The standard InChI is InChI=1S/C18H21NO6/c1-17(2,23)6-5-13-3-4-14(25-13)15(20)19-9-12-10-24-8-7-18(12,11-19)16(21)22/h3-4,12,23H,7-11H2,1-2H3,(H,21,22)/t12-,18+/m1/s1. The predicted molar refractivity (Wildman–Crippen MR) is 86.8 cm³/mol. The van der Waals surface area contributed by atoms with Gasteiger partial charge < -0.3 is 24.3 Å². The first-order valence-corrected chi connectivity index (χ1v) is 8.17. The summed E-state index contributed by atoms with van der Waals surface area (Å²) < 4.78 is 10.8. The normalized spacial score (nSPS) is 25.9. The highest BCUT2D eigenvalue weighted by molar-refractivity contribution is 5.92. The van der Waals surface area contributed by atoms with Crippen LogP contribution < -0.4 is 0 Å². The smallest absolute Gasteiger partial charge is 0.311 e. The molecule has 2 N–H and O–H groups in total. The molecule has 0 radical (unpaired) electrons. The summed E-state index contributed by atoms with van der Waals surface area (Å²) >= 11 is 0. The van der Waals surface area contributed by atoms with Gasteiger partial charge in [-0.2, -0.15) is 0 Å². The lowest BCUT2D eigenvalue weighted by Gasteiger charge is -2.33. The van der Waals surface area contributed by atoms with E-state index in [1.807, 2.05) is 0 Å². The summed E-state index contributed by atoms with van der Waals surface area (Å²) in [4.78, 5) is 26.0. The van der Waals surface area contributed by atoms with Crippen LogP contribution in [0.3, 0.4) is 0 Å². The summed E-state index contributed by atoms with van der Waals surface area (Å²) in [6.45, 7) is 4.32. The maximum atomic E-state index is 12.7. The van der Waals surface area contributed by atoms with Gasteiger partial charge in [0, 0.05) is 25.6 Å². The van der Waals surface area contributed by atoms with Crippen molar-refractivity contribution in [3.8, 4) is 11.8 Å². The highest BCUT2D eigenvalue weighted by atomic mass is 16.5. The topological polar surface area (TPSA) is 100 Å². The highest BCUT2D eigenvalue weighted by Crippen LogP contribution is 2.42. The molecule has 134 valence electrons. The van der Waals surface area contributed by atoms with Gasteiger partial charge in [0.05, 0.1) is 12.0 Å². The van der Waals surface area contributed by atoms with Gasteiger partial charge in [-0.1, -0.05) is 5.92 Å². The summed E-state index contributed by atoms with van der Waals surface area (Å²) in [6, 6.07) is 3.08. The Hall–Kier alpha value is -2.30. The highest BCUT2D eigenvalue weighted by Gasteiger charge is 2.55. The zero-order chi connectivity index (χ0) is 18.2. The van der Waals surface area contributed by atoms with Crippen LogP contribution in [0.15, 0.2) is 16.5 Å². The fraction of sp³-hybridized carbons (Fsp3) is 0.556. The Morgan fingerprint density at radius 3 is 2.80 bits per heavy atom. The Labute approximate surface area is 145 Å². The zero-order valence-corrected chi connectivity index (χ0v) is 14.2. The van der Waals surface area contributed by atoms with Gasteiger partial charge >= 0.3 is 5.97 Å². The van der Waals surface area contributed by atoms with Gasteiger partial charge in [0.15, 0.2) is 11.5 Å². The number of carbonyl (C=O) groups excluding carboxylic acids is 1. The number of likely N-dealkylation sites (tertiary alicyclic amines) is 1. The first kappa shape index (κ1) is 17.5. The van der Waals surface area contributed by atoms with Gasteiger partial charge in [-0.3, -0.25) is 9.59 Å². The van der Waals surface area contributed by atoms with Crippen LogP contribution in [-0.4, -0.2) is 58.9 Å². The number of rotatable bonds is 2. The third-order valence-electron chi connectivity index (χ3n) is 4.73. The van der Waals surface area contributed by atoms with E-state index in [1.165, 1.54) is 11.0 Å². The van der Waals surface area contributed by atoms with Gasteiger partial charge in [0.25, 0.3) is 5.91 Å². The molecule has 0 unspecified atom stereocenters. The summed E-state index contributed by atoms with van der Waals surface area (Å²) in [7, 11) is 0. The molecule has 25 heavy (non-hydrogen) atoms. The first-order valence-electron chi connectivity index (χ1n) is 8.17. The Morgan fingerprint density at radius 2 is 2.16 bits per heavy atom. The maximum Gasteiger partial charge on any atom is 0.311 e. The van der Waals surface area contributed by atoms with Crippen LogP contribution in [0.25, 0.3) is 0 Å². The fourth-order valence-corrected chi connectivity index (χ4v) is 3.34. The fourth-order valence-electron chi connectivity index (χ4n) is 3.34. The molecule has 0 saturated carbocycles. The Bertz CT molecular complexity index is 750. The van der Waals surface area contributed by atoms with Crippen molar-refractivity contribution in [2.75, 3.05) is 26.3 Å². The SMILES string of the molecule is CC(C)(O)C#Cc1ccc(C(=O)N2C[C@@H]3COCC[C@]3(C(=O)O)C2)o1. The molecule has 2 aliphatic heterocycles. The number of hydrogen-bond acceptors (Lipinski definition) is 5. The van der Waals surface area contributed by atoms with Crippen molar-refractivity contribution in [2.24, 2.45) is 11.3 Å². The first-order chi connectivity index (χ1) is 11.7. The number of carboxylic acid groups (broad SMARTS) is 1. The number of aliphatic carboxylic acids is 1. The lowest BCUT2D eigenvalue weighted by molar-refractivity contribution is -0.157. The number of furan rings is 1. The number of amides is 1. The van der Waals surface area contributed by atoms with Crippen LogP contribution in [0, 0.1) is 23.2 Å². The van der Waals surface area contributed by atoms with Gasteiger partial charge in [-0.15, -0.1) is 0 Å². The van der Waals surface area contributed by atoms with Crippen molar-refractivity contribution < 1.29 is 29.0 Å². The lowest BCUT2D eigenvalue weighted by Crippen LogP contribution is -2.45. The average Bonchev–Trinajstić information content (AvgIpc) is 3.16. The van der Waals surface area contributed by atoms with Crippen LogP contribution in [-0.2, 0) is 9.53 Å². The quantitative estimate of drug-likeness (QED) is 0.773. The van der Waals surface area contributed by atoms with Gasteiger partial charge in [-0.05, 0) is 38.3 Å². The molecule has 0 spiro atoms. The van der Waals surface area contributed by atoms with Crippen molar-refractivity contribution in [1.29, 1.82) is 0 Å². The van der Waals surface area contributed by atoms with Crippen molar-refractivity contribution >= 4 is 11.9 Å². The van der Waals surface area contributed by atoms with E-state index in [9.17, 15) is 19.8 Å². The van der Waals surface area contributed by atoms with Crippen LogP contribution in [0.4, 0.5) is 0 Å². The molecule has 0 aliphatic carbocycles. The second kappa shape index (κ2) is 6.21. The second-order valence-corrected chi connectivity index (χ2v) is 7.14. The molecule has 1 aromatic heterocycles. The van der Waals surface area contributed by atoms with E-state index < -0.39 is 17.0 Å². The molecule has 7 nitrogen and oxygen atoms in total. The van der Waals surface area contributed by atoms with Crippen LogP contribution >= 0.6 is 0 Å².